The third-order valence-electron chi connectivity index (χ3n) is 5.40. The predicted molar refractivity (Wildman–Crippen MR) is 138 cm³/mol. The SMILES string of the molecule is CNC(=O)[C@@H](C)N(Cc1ccc(Cl)cc1)C(=O)CN(c1ccccc1)S(=O)(=O)c1ccc(Cl)cc1. The third kappa shape index (κ3) is 6.54. The van der Waals surface area contributed by atoms with Gasteiger partial charge < -0.3 is 10.2 Å². The van der Waals surface area contributed by atoms with E-state index in [9.17, 15) is 18.0 Å². The maximum absolute atomic E-state index is 13.6. The molecule has 0 aliphatic rings. The summed E-state index contributed by atoms with van der Waals surface area (Å²) in [5.74, 6) is -0.920. The van der Waals surface area contributed by atoms with E-state index < -0.39 is 28.5 Å². The number of hydrogen-bond donors (Lipinski definition) is 1. The fourth-order valence-electron chi connectivity index (χ4n) is 3.43. The number of sulfonamides is 1. The summed E-state index contributed by atoms with van der Waals surface area (Å²) in [6.07, 6.45) is 0. The van der Waals surface area contributed by atoms with Crippen molar-refractivity contribution in [3.8, 4) is 0 Å². The Bertz CT molecular complexity index is 1270. The van der Waals surface area contributed by atoms with Gasteiger partial charge in [-0.2, -0.15) is 0 Å². The van der Waals surface area contributed by atoms with E-state index in [4.69, 9.17) is 23.2 Å². The van der Waals surface area contributed by atoms with Gasteiger partial charge in [0.15, 0.2) is 0 Å². The predicted octanol–water partition coefficient (Wildman–Crippen LogP) is 4.35. The Hall–Kier alpha value is -3.07. The van der Waals surface area contributed by atoms with E-state index in [1.54, 1.807) is 61.5 Å². The van der Waals surface area contributed by atoms with Gasteiger partial charge in [-0.1, -0.05) is 53.5 Å². The average Bonchev–Trinajstić information content (AvgIpc) is 2.86. The van der Waals surface area contributed by atoms with E-state index in [1.165, 1.54) is 36.2 Å². The van der Waals surface area contributed by atoms with Crippen LogP contribution in [0.15, 0.2) is 83.8 Å². The Morgan fingerprint density at radius 3 is 1.97 bits per heavy atom. The average molecular weight is 534 g/mol. The lowest BCUT2D eigenvalue weighted by Gasteiger charge is -2.31. The molecule has 2 amide bonds. The van der Waals surface area contributed by atoms with Gasteiger partial charge in [-0.25, -0.2) is 8.42 Å². The summed E-state index contributed by atoms with van der Waals surface area (Å²) in [5, 5.41) is 3.47. The van der Waals surface area contributed by atoms with Gasteiger partial charge >= 0.3 is 0 Å². The Morgan fingerprint density at radius 2 is 1.43 bits per heavy atom. The van der Waals surface area contributed by atoms with Crippen molar-refractivity contribution in [1.29, 1.82) is 0 Å². The Morgan fingerprint density at radius 1 is 0.886 bits per heavy atom. The number of nitrogens with one attached hydrogen (secondary N) is 1. The number of amides is 2. The topological polar surface area (TPSA) is 86.8 Å². The second-order valence-electron chi connectivity index (χ2n) is 7.74. The Labute approximate surface area is 215 Å². The van der Waals surface area contributed by atoms with Gasteiger partial charge in [-0.3, -0.25) is 13.9 Å². The van der Waals surface area contributed by atoms with Gasteiger partial charge in [0.25, 0.3) is 10.0 Å². The van der Waals surface area contributed by atoms with Crippen molar-refractivity contribution in [3.05, 3.63) is 94.5 Å². The molecule has 0 aromatic heterocycles. The van der Waals surface area contributed by atoms with Crippen molar-refractivity contribution in [2.45, 2.75) is 24.4 Å². The van der Waals surface area contributed by atoms with Crippen LogP contribution in [-0.4, -0.2) is 44.8 Å². The third-order valence-corrected chi connectivity index (χ3v) is 7.70. The van der Waals surface area contributed by atoms with E-state index in [-0.39, 0.29) is 17.3 Å². The molecule has 0 saturated carbocycles. The van der Waals surface area contributed by atoms with Crippen LogP contribution in [0.2, 0.25) is 10.0 Å². The monoisotopic (exact) mass is 533 g/mol. The van der Waals surface area contributed by atoms with Crippen molar-refractivity contribution < 1.29 is 18.0 Å². The number of carbonyl (C=O) groups is 2. The van der Waals surface area contributed by atoms with Crippen molar-refractivity contribution in [3.63, 3.8) is 0 Å². The molecule has 1 N–H and O–H groups in total. The molecule has 0 heterocycles. The number of anilines is 1. The zero-order valence-corrected chi connectivity index (χ0v) is 21.5. The lowest BCUT2D eigenvalue weighted by Crippen LogP contribution is -2.50. The first kappa shape index (κ1) is 26.5. The van der Waals surface area contributed by atoms with Gasteiger partial charge in [0.1, 0.15) is 12.6 Å². The van der Waals surface area contributed by atoms with Crippen LogP contribution in [0.4, 0.5) is 5.69 Å². The van der Waals surface area contributed by atoms with Crippen LogP contribution < -0.4 is 9.62 Å². The van der Waals surface area contributed by atoms with Gasteiger partial charge in [0.05, 0.1) is 10.6 Å². The summed E-state index contributed by atoms with van der Waals surface area (Å²) < 4.78 is 28.2. The van der Waals surface area contributed by atoms with Crippen LogP contribution in [0.3, 0.4) is 0 Å². The van der Waals surface area contributed by atoms with Crippen LogP contribution in [0.5, 0.6) is 0 Å². The number of benzene rings is 3. The molecule has 35 heavy (non-hydrogen) atoms. The quantitative estimate of drug-likeness (QED) is 0.442. The molecular weight excluding hydrogens is 509 g/mol. The molecule has 3 aromatic carbocycles. The second kappa shape index (κ2) is 11.6. The number of para-hydroxylation sites is 1. The maximum Gasteiger partial charge on any atom is 0.264 e. The summed E-state index contributed by atoms with van der Waals surface area (Å²) in [6, 6.07) is 20.1. The van der Waals surface area contributed by atoms with Crippen molar-refractivity contribution in [2.24, 2.45) is 0 Å². The van der Waals surface area contributed by atoms with Gasteiger partial charge in [-0.05, 0) is 61.0 Å². The first-order valence-electron chi connectivity index (χ1n) is 10.7. The van der Waals surface area contributed by atoms with E-state index in [0.717, 1.165) is 9.87 Å². The zero-order valence-electron chi connectivity index (χ0n) is 19.2. The van der Waals surface area contributed by atoms with Crippen LogP contribution in [0, 0.1) is 0 Å². The fraction of sp³-hybridized carbons (Fsp3) is 0.200. The standard InChI is InChI=1S/C25H25Cl2N3O4S/c1-18(25(32)28-2)29(16-19-8-10-20(26)11-9-19)24(31)17-30(22-6-4-3-5-7-22)35(33,34)23-14-12-21(27)13-15-23/h3-15,18H,16-17H2,1-2H3,(H,28,32)/t18-/m1/s1. The summed E-state index contributed by atoms with van der Waals surface area (Å²) in [4.78, 5) is 27.4. The van der Waals surface area contributed by atoms with Crippen LogP contribution in [0.1, 0.15) is 12.5 Å². The molecule has 3 rings (SSSR count). The smallest absolute Gasteiger partial charge is 0.264 e. The Kier molecular flexibility index (Phi) is 8.77. The fourth-order valence-corrected chi connectivity index (χ4v) is 5.10. The minimum atomic E-state index is -4.12. The molecule has 0 saturated heterocycles. The Balaban J connectivity index is 1.99. The summed E-state index contributed by atoms with van der Waals surface area (Å²) in [5.41, 5.74) is 1.06. The van der Waals surface area contributed by atoms with Crippen molar-refractivity contribution in [2.75, 3.05) is 17.9 Å². The highest BCUT2D eigenvalue weighted by molar-refractivity contribution is 7.92. The molecule has 184 valence electrons. The van der Waals surface area contributed by atoms with E-state index >= 15 is 0 Å². The molecule has 10 heteroatoms. The highest BCUT2D eigenvalue weighted by Crippen LogP contribution is 2.25. The van der Waals surface area contributed by atoms with Gasteiger partial charge in [0, 0.05) is 23.6 Å². The number of nitrogens with zero attached hydrogens (tertiary/aromatic N) is 2. The molecule has 1 atom stereocenters. The highest BCUT2D eigenvalue weighted by atomic mass is 35.5. The minimum absolute atomic E-state index is 0.0119. The molecule has 3 aromatic rings. The molecule has 7 nitrogen and oxygen atoms in total. The number of likely N-dealkylation sites (N-methyl/N-ethyl adjacent to an activating group) is 1. The molecule has 0 radical (unpaired) electrons. The molecule has 0 aliphatic heterocycles. The highest BCUT2D eigenvalue weighted by Gasteiger charge is 2.32. The summed E-state index contributed by atoms with van der Waals surface area (Å²) >= 11 is 11.9. The first-order valence-corrected chi connectivity index (χ1v) is 12.9. The van der Waals surface area contributed by atoms with E-state index in [0.29, 0.717) is 15.7 Å². The molecule has 0 unspecified atom stereocenters. The maximum atomic E-state index is 13.6. The lowest BCUT2D eigenvalue weighted by molar-refractivity contribution is -0.139. The largest absolute Gasteiger partial charge is 0.357 e. The van der Waals surface area contributed by atoms with Crippen LogP contribution in [-0.2, 0) is 26.2 Å². The van der Waals surface area contributed by atoms with Crippen LogP contribution in [0.25, 0.3) is 0 Å². The normalized spacial score (nSPS) is 12.0. The molecule has 0 spiro atoms. The molecule has 0 bridgehead atoms. The number of rotatable bonds is 9. The number of hydrogen-bond acceptors (Lipinski definition) is 4. The van der Waals surface area contributed by atoms with Gasteiger partial charge in [0.2, 0.25) is 11.8 Å². The molecule has 0 fully saturated rings. The first-order chi connectivity index (χ1) is 16.6. The van der Waals surface area contributed by atoms with Crippen LogP contribution >= 0.6 is 23.2 Å². The molecule has 0 aliphatic carbocycles. The second-order valence-corrected chi connectivity index (χ2v) is 10.5. The van der Waals surface area contributed by atoms with E-state index in [1.807, 2.05) is 0 Å². The summed E-state index contributed by atoms with van der Waals surface area (Å²) in [6.45, 7) is 1.17. The summed E-state index contributed by atoms with van der Waals surface area (Å²) in [7, 11) is -2.64. The van der Waals surface area contributed by atoms with E-state index in [2.05, 4.69) is 5.32 Å². The molecular formula is C25H25Cl2N3O4S. The van der Waals surface area contributed by atoms with Crippen molar-refractivity contribution >= 4 is 50.7 Å². The number of carbonyl (C=O) groups excluding carboxylic acids is 2. The van der Waals surface area contributed by atoms with Gasteiger partial charge in [-0.15, -0.1) is 0 Å². The number of halogens is 2. The zero-order chi connectivity index (χ0) is 25.6. The lowest BCUT2D eigenvalue weighted by atomic mass is 10.1. The minimum Gasteiger partial charge on any atom is -0.357 e. The van der Waals surface area contributed by atoms with Crippen molar-refractivity contribution in [1.82, 2.24) is 10.2 Å².